The zero-order valence-electron chi connectivity index (χ0n) is 18.3. The van der Waals surface area contributed by atoms with Gasteiger partial charge in [0.2, 0.25) is 0 Å². The van der Waals surface area contributed by atoms with E-state index in [0.717, 1.165) is 34.2 Å². The number of pyridine rings is 2. The van der Waals surface area contributed by atoms with Crippen molar-refractivity contribution < 1.29 is 4.42 Å². The van der Waals surface area contributed by atoms with Crippen LogP contribution in [0.3, 0.4) is 0 Å². The molecule has 2 atom stereocenters. The van der Waals surface area contributed by atoms with Gasteiger partial charge in [0.25, 0.3) is 0 Å². The Balaban J connectivity index is 1.62. The highest BCUT2D eigenvalue weighted by Crippen LogP contribution is 2.42. The molecule has 1 aliphatic heterocycles. The topological polar surface area (TPSA) is 59.1 Å². The number of hydrogen-bond donors (Lipinski definition) is 1. The van der Waals surface area contributed by atoms with E-state index in [2.05, 4.69) is 56.8 Å². The van der Waals surface area contributed by atoms with Crippen molar-refractivity contribution >= 4 is 17.3 Å². The van der Waals surface area contributed by atoms with E-state index in [1.165, 1.54) is 5.56 Å². The molecule has 0 aromatic carbocycles. The molecule has 4 aromatic rings. The minimum atomic E-state index is -0.0708. The van der Waals surface area contributed by atoms with E-state index in [1.54, 1.807) is 6.26 Å². The van der Waals surface area contributed by atoms with Crippen molar-refractivity contribution in [3.63, 3.8) is 0 Å². The van der Waals surface area contributed by atoms with Crippen molar-refractivity contribution in [1.29, 1.82) is 0 Å². The first kappa shape index (κ1) is 20.5. The number of aromatic nitrogens is 3. The maximum atomic E-state index is 5.78. The molecule has 1 aliphatic rings. The average molecular weight is 444 g/mol. The summed E-state index contributed by atoms with van der Waals surface area (Å²) in [5.41, 5.74) is 5.56. The highest BCUT2D eigenvalue weighted by Gasteiger charge is 2.41. The van der Waals surface area contributed by atoms with E-state index in [4.69, 9.17) is 16.6 Å². The second kappa shape index (κ2) is 8.24. The van der Waals surface area contributed by atoms with Crippen molar-refractivity contribution in [2.45, 2.75) is 39.4 Å². The summed E-state index contributed by atoms with van der Waals surface area (Å²) < 4.78 is 7.85. The van der Waals surface area contributed by atoms with E-state index in [-0.39, 0.29) is 12.1 Å². The number of thiocarbonyl (C=S) groups is 1. The van der Waals surface area contributed by atoms with Crippen LogP contribution in [0.4, 0.5) is 0 Å². The molecule has 5 heterocycles. The van der Waals surface area contributed by atoms with Gasteiger partial charge in [-0.15, -0.1) is 0 Å². The van der Waals surface area contributed by atoms with Crippen LogP contribution in [-0.2, 0) is 6.54 Å². The molecule has 32 heavy (non-hydrogen) atoms. The predicted molar refractivity (Wildman–Crippen MR) is 127 cm³/mol. The molecule has 0 saturated carbocycles. The lowest BCUT2D eigenvalue weighted by Gasteiger charge is -2.27. The van der Waals surface area contributed by atoms with Gasteiger partial charge in [0.1, 0.15) is 11.6 Å². The molecular formula is C25H25N5OS. The number of nitrogens with zero attached hydrogens (tertiary/aromatic N) is 4. The summed E-state index contributed by atoms with van der Waals surface area (Å²) >= 11 is 5.78. The quantitative estimate of drug-likeness (QED) is 0.440. The molecule has 1 saturated heterocycles. The Morgan fingerprint density at radius 1 is 1.06 bits per heavy atom. The van der Waals surface area contributed by atoms with E-state index >= 15 is 0 Å². The van der Waals surface area contributed by atoms with Crippen LogP contribution in [0.2, 0.25) is 0 Å². The first-order valence-corrected chi connectivity index (χ1v) is 11.1. The third-order valence-corrected chi connectivity index (χ3v) is 6.37. The Hall–Kier alpha value is -3.45. The number of furan rings is 1. The van der Waals surface area contributed by atoms with Gasteiger partial charge in [0.05, 0.1) is 30.6 Å². The molecule has 0 radical (unpaired) electrons. The molecule has 2 unspecified atom stereocenters. The number of hydrogen-bond acceptors (Lipinski definition) is 4. The zero-order chi connectivity index (χ0) is 22.2. The maximum Gasteiger partial charge on any atom is 0.170 e. The predicted octanol–water partition coefficient (Wildman–Crippen LogP) is 4.96. The van der Waals surface area contributed by atoms with Crippen LogP contribution in [0.1, 0.15) is 46.1 Å². The second-order valence-electron chi connectivity index (χ2n) is 8.19. The van der Waals surface area contributed by atoms with Gasteiger partial charge in [-0.2, -0.15) is 0 Å². The van der Waals surface area contributed by atoms with Gasteiger partial charge in [0.15, 0.2) is 5.11 Å². The van der Waals surface area contributed by atoms with Crippen LogP contribution in [0, 0.1) is 20.8 Å². The zero-order valence-corrected chi connectivity index (χ0v) is 19.1. The molecule has 0 amide bonds. The Labute approximate surface area is 192 Å². The minimum absolute atomic E-state index is 0.0344. The van der Waals surface area contributed by atoms with E-state index < -0.39 is 0 Å². The summed E-state index contributed by atoms with van der Waals surface area (Å²) in [6.45, 7) is 6.89. The van der Waals surface area contributed by atoms with Gasteiger partial charge in [-0.05, 0) is 80.5 Å². The number of aryl methyl sites for hydroxylation is 2. The molecule has 0 spiro atoms. The summed E-state index contributed by atoms with van der Waals surface area (Å²) in [4.78, 5) is 11.5. The first-order chi connectivity index (χ1) is 15.5. The van der Waals surface area contributed by atoms with Crippen LogP contribution < -0.4 is 5.32 Å². The fourth-order valence-corrected chi connectivity index (χ4v) is 4.82. The van der Waals surface area contributed by atoms with Gasteiger partial charge >= 0.3 is 0 Å². The largest absolute Gasteiger partial charge is 0.467 e. The first-order valence-electron chi connectivity index (χ1n) is 10.7. The molecule has 0 aliphatic carbocycles. The highest BCUT2D eigenvalue weighted by atomic mass is 32.1. The summed E-state index contributed by atoms with van der Waals surface area (Å²) in [5.74, 6) is 1.78. The van der Waals surface area contributed by atoms with E-state index in [0.29, 0.717) is 11.7 Å². The van der Waals surface area contributed by atoms with Crippen LogP contribution in [0.5, 0.6) is 0 Å². The SMILES string of the molecule is Cc1ccc(-n2c(C)cc(C3C(c4ccccn4)NC(=S)N3Cc3ccco3)c2C)nc1. The lowest BCUT2D eigenvalue weighted by atomic mass is 9.96. The molecule has 5 rings (SSSR count). The Bertz CT molecular complexity index is 1230. The average Bonchev–Trinajstić information content (AvgIpc) is 3.49. The normalized spacial score (nSPS) is 18.2. The van der Waals surface area contributed by atoms with Gasteiger partial charge in [-0.3, -0.25) is 4.98 Å². The summed E-state index contributed by atoms with van der Waals surface area (Å²) in [5, 5.41) is 4.21. The molecule has 4 aromatic heterocycles. The lowest BCUT2D eigenvalue weighted by molar-refractivity contribution is 0.286. The minimum Gasteiger partial charge on any atom is -0.467 e. The number of nitrogens with one attached hydrogen (secondary N) is 1. The number of rotatable bonds is 5. The molecular weight excluding hydrogens is 418 g/mol. The standard InChI is InChI=1S/C25H25N5OS/c1-16-9-10-22(27-14-16)30-17(2)13-20(18(30)3)24-23(21-8-4-5-11-26-21)28-25(32)29(24)15-19-7-6-12-31-19/h4-14,23-24H,15H2,1-3H3,(H,28,32). The monoisotopic (exact) mass is 443 g/mol. The summed E-state index contributed by atoms with van der Waals surface area (Å²) in [7, 11) is 0. The van der Waals surface area contributed by atoms with Crippen LogP contribution in [0.25, 0.3) is 5.82 Å². The van der Waals surface area contributed by atoms with Gasteiger partial charge in [-0.25, -0.2) is 4.98 Å². The Kier molecular flexibility index (Phi) is 5.27. The highest BCUT2D eigenvalue weighted by molar-refractivity contribution is 7.80. The molecule has 1 N–H and O–H groups in total. The molecule has 6 nitrogen and oxygen atoms in total. The molecule has 7 heteroatoms. The maximum absolute atomic E-state index is 5.78. The second-order valence-corrected chi connectivity index (χ2v) is 8.58. The fraction of sp³-hybridized carbons (Fsp3) is 0.240. The Morgan fingerprint density at radius 2 is 1.94 bits per heavy atom. The third kappa shape index (κ3) is 3.58. The summed E-state index contributed by atoms with van der Waals surface area (Å²) in [6.07, 6.45) is 5.42. The van der Waals surface area contributed by atoms with Crippen molar-refractivity contribution in [2.24, 2.45) is 0 Å². The van der Waals surface area contributed by atoms with Crippen molar-refractivity contribution in [1.82, 2.24) is 24.8 Å². The summed E-state index contributed by atoms with van der Waals surface area (Å²) in [6, 6.07) is 16.2. The van der Waals surface area contributed by atoms with Crippen molar-refractivity contribution in [3.8, 4) is 5.82 Å². The smallest absolute Gasteiger partial charge is 0.170 e. The van der Waals surface area contributed by atoms with Gasteiger partial charge in [0, 0.05) is 23.8 Å². The molecule has 162 valence electrons. The van der Waals surface area contributed by atoms with Gasteiger partial charge in [-0.1, -0.05) is 12.1 Å². The van der Waals surface area contributed by atoms with Crippen molar-refractivity contribution in [2.75, 3.05) is 0 Å². The third-order valence-electron chi connectivity index (χ3n) is 6.02. The van der Waals surface area contributed by atoms with Crippen LogP contribution in [0.15, 0.2) is 71.6 Å². The molecule has 0 bridgehead atoms. The molecule has 1 fully saturated rings. The van der Waals surface area contributed by atoms with Crippen molar-refractivity contribution in [3.05, 3.63) is 101 Å². The van der Waals surface area contributed by atoms with Crippen LogP contribution in [-0.4, -0.2) is 24.5 Å². The lowest BCUT2D eigenvalue weighted by Crippen LogP contribution is -2.29. The Morgan fingerprint density at radius 3 is 2.62 bits per heavy atom. The van der Waals surface area contributed by atoms with E-state index in [1.807, 2.05) is 49.6 Å². The van der Waals surface area contributed by atoms with E-state index in [9.17, 15) is 0 Å². The van der Waals surface area contributed by atoms with Gasteiger partial charge < -0.3 is 19.2 Å². The van der Waals surface area contributed by atoms with Crippen LogP contribution >= 0.6 is 12.2 Å². The fourth-order valence-electron chi connectivity index (χ4n) is 4.52.